The van der Waals surface area contributed by atoms with Crippen LogP contribution in [0.5, 0.6) is 11.5 Å². The number of nitrogens with one attached hydrogen (secondary N) is 2. The van der Waals surface area contributed by atoms with E-state index in [-0.39, 0.29) is 17.2 Å². The third-order valence-electron chi connectivity index (χ3n) is 5.90. The molecule has 2 amide bonds. The van der Waals surface area contributed by atoms with Crippen LogP contribution in [0, 0.1) is 0 Å². The number of ketones is 1. The molecular weight excluding hydrogens is 536 g/mol. The van der Waals surface area contributed by atoms with E-state index in [4.69, 9.17) is 9.47 Å². The number of thioether (sulfide) groups is 1. The molecule has 0 fully saturated rings. The lowest BCUT2D eigenvalue weighted by molar-refractivity contribution is -0.113. The molecule has 0 aliphatic carbocycles. The first-order valence-corrected chi connectivity index (χ1v) is 14.0. The Hall–Kier alpha value is -4.82. The molecule has 0 heterocycles. The molecule has 2 N–H and O–H groups in total. The van der Waals surface area contributed by atoms with Crippen molar-refractivity contribution in [1.82, 2.24) is 5.32 Å². The Labute approximate surface area is 243 Å². The summed E-state index contributed by atoms with van der Waals surface area (Å²) in [5.74, 6) is 0.731. The predicted molar refractivity (Wildman–Crippen MR) is 163 cm³/mol. The average Bonchev–Trinajstić information content (AvgIpc) is 3.01. The molecule has 0 atom stereocenters. The van der Waals surface area contributed by atoms with Gasteiger partial charge in [-0.3, -0.25) is 14.4 Å². The molecule has 41 heavy (non-hydrogen) atoms. The predicted octanol–water partition coefficient (Wildman–Crippen LogP) is 6.48. The van der Waals surface area contributed by atoms with E-state index in [1.165, 1.54) is 11.8 Å². The third kappa shape index (κ3) is 8.58. The van der Waals surface area contributed by atoms with Crippen LogP contribution in [0.1, 0.15) is 33.2 Å². The number of methoxy groups -OCH3 is 1. The lowest BCUT2D eigenvalue weighted by atomic mass is 10.1. The quantitative estimate of drug-likeness (QED) is 0.116. The number of carbonyl (C=O) groups excluding carboxylic acids is 3. The van der Waals surface area contributed by atoms with Gasteiger partial charge in [0.25, 0.3) is 11.8 Å². The molecule has 4 aromatic rings. The SMILES string of the molecule is CCOc1ccc(/C=C(\NC(=O)c2ccccc2)C(=O)Nc2ccc(SCC(=O)c3cccc(OC)c3)cc2)cc1. The summed E-state index contributed by atoms with van der Waals surface area (Å²) in [6, 6.07) is 30.2. The first-order chi connectivity index (χ1) is 19.9. The highest BCUT2D eigenvalue weighted by Gasteiger charge is 2.15. The highest BCUT2D eigenvalue weighted by atomic mass is 32.2. The second-order valence-corrected chi connectivity index (χ2v) is 9.85. The first-order valence-electron chi connectivity index (χ1n) is 13.0. The Morgan fingerprint density at radius 3 is 2.20 bits per heavy atom. The zero-order valence-electron chi connectivity index (χ0n) is 22.8. The number of rotatable bonds is 12. The second kappa shape index (κ2) is 14.5. The van der Waals surface area contributed by atoms with Gasteiger partial charge in [-0.1, -0.05) is 42.5 Å². The van der Waals surface area contributed by atoms with Crippen LogP contribution in [0.3, 0.4) is 0 Å². The molecule has 0 saturated heterocycles. The van der Waals surface area contributed by atoms with E-state index >= 15 is 0 Å². The highest BCUT2D eigenvalue weighted by Crippen LogP contribution is 2.23. The van der Waals surface area contributed by atoms with Gasteiger partial charge in [-0.2, -0.15) is 0 Å². The summed E-state index contributed by atoms with van der Waals surface area (Å²) in [6.07, 6.45) is 1.61. The minimum absolute atomic E-state index is 0.00972. The van der Waals surface area contributed by atoms with E-state index in [0.717, 1.165) is 10.5 Å². The van der Waals surface area contributed by atoms with Crippen LogP contribution in [0.15, 0.2) is 114 Å². The normalized spacial score (nSPS) is 10.9. The highest BCUT2D eigenvalue weighted by molar-refractivity contribution is 8.00. The minimum Gasteiger partial charge on any atom is -0.497 e. The van der Waals surface area contributed by atoms with Gasteiger partial charge in [0.2, 0.25) is 0 Å². The number of amides is 2. The van der Waals surface area contributed by atoms with Gasteiger partial charge in [-0.05, 0) is 79.2 Å². The Balaban J connectivity index is 1.44. The summed E-state index contributed by atoms with van der Waals surface area (Å²) in [7, 11) is 1.56. The van der Waals surface area contributed by atoms with Crippen LogP contribution in [-0.2, 0) is 4.79 Å². The van der Waals surface area contributed by atoms with Crippen molar-refractivity contribution in [2.75, 3.05) is 24.8 Å². The molecule has 0 radical (unpaired) electrons. The molecule has 4 aromatic carbocycles. The summed E-state index contributed by atoms with van der Waals surface area (Å²) in [5.41, 5.74) is 2.38. The Morgan fingerprint density at radius 2 is 1.51 bits per heavy atom. The van der Waals surface area contributed by atoms with Crippen molar-refractivity contribution in [1.29, 1.82) is 0 Å². The van der Waals surface area contributed by atoms with Gasteiger partial charge in [-0.25, -0.2) is 0 Å². The van der Waals surface area contributed by atoms with Crippen molar-refractivity contribution < 1.29 is 23.9 Å². The molecule has 0 saturated carbocycles. The van der Waals surface area contributed by atoms with Crippen molar-refractivity contribution in [3.05, 3.63) is 126 Å². The molecule has 8 heteroatoms. The van der Waals surface area contributed by atoms with Crippen molar-refractivity contribution >= 4 is 41.1 Å². The number of hydrogen-bond donors (Lipinski definition) is 2. The van der Waals surface area contributed by atoms with E-state index < -0.39 is 11.8 Å². The lowest BCUT2D eigenvalue weighted by Gasteiger charge is -2.12. The topological polar surface area (TPSA) is 93.7 Å². The summed E-state index contributed by atoms with van der Waals surface area (Å²) in [5, 5.41) is 5.58. The molecule has 7 nitrogen and oxygen atoms in total. The minimum atomic E-state index is -0.475. The molecule has 4 rings (SSSR count). The number of benzene rings is 4. The molecule has 0 bridgehead atoms. The third-order valence-corrected chi connectivity index (χ3v) is 6.92. The molecule has 0 aromatic heterocycles. The van der Waals surface area contributed by atoms with Crippen LogP contribution in [0.25, 0.3) is 6.08 Å². The largest absolute Gasteiger partial charge is 0.497 e. The van der Waals surface area contributed by atoms with Crippen LogP contribution < -0.4 is 20.1 Å². The van der Waals surface area contributed by atoms with E-state index in [2.05, 4.69) is 10.6 Å². The van der Waals surface area contributed by atoms with Crippen LogP contribution in [0.4, 0.5) is 5.69 Å². The summed E-state index contributed by atoms with van der Waals surface area (Å²) in [4.78, 5) is 39.6. The maximum Gasteiger partial charge on any atom is 0.272 e. The van der Waals surface area contributed by atoms with Gasteiger partial charge in [0.15, 0.2) is 5.78 Å². The maximum atomic E-state index is 13.3. The van der Waals surface area contributed by atoms with E-state index in [9.17, 15) is 14.4 Å². The van der Waals surface area contributed by atoms with E-state index in [0.29, 0.717) is 34.9 Å². The van der Waals surface area contributed by atoms with E-state index in [1.807, 2.05) is 37.3 Å². The zero-order valence-corrected chi connectivity index (χ0v) is 23.6. The van der Waals surface area contributed by atoms with Crippen LogP contribution in [-0.4, -0.2) is 37.1 Å². The molecule has 0 aliphatic rings. The molecule has 208 valence electrons. The van der Waals surface area contributed by atoms with Crippen molar-refractivity contribution in [2.45, 2.75) is 11.8 Å². The number of carbonyl (C=O) groups is 3. The maximum absolute atomic E-state index is 13.3. The monoisotopic (exact) mass is 566 g/mol. The van der Waals surface area contributed by atoms with Crippen molar-refractivity contribution in [3.8, 4) is 11.5 Å². The van der Waals surface area contributed by atoms with Gasteiger partial charge >= 0.3 is 0 Å². The lowest BCUT2D eigenvalue weighted by Crippen LogP contribution is -2.30. The van der Waals surface area contributed by atoms with E-state index in [1.54, 1.807) is 86.0 Å². The van der Waals surface area contributed by atoms with Crippen LogP contribution >= 0.6 is 11.8 Å². The Morgan fingerprint density at radius 1 is 0.805 bits per heavy atom. The summed E-state index contributed by atoms with van der Waals surface area (Å²) < 4.78 is 10.7. The second-order valence-electron chi connectivity index (χ2n) is 8.80. The average molecular weight is 567 g/mol. The molecule has 0 aliphatic heterocycles. The molecule has 0 spiro atoms. The molecular formula is C33H30N2O5S. The Kier molecular flexibility index (Phi) is 10.3. The molecule has 0 unspecified atom stereocenters. The first kappa shape index (κ1) is 29.2. The van der Waals surface area contributed by atoms with Gasteiger partial charge in [0.05, 0.1) is 19.5 Å². The van der Waals surface area contributed by atoms with Gasteiger partial charge in [0.1, 0.15) is 17.2 Å². The fourth-order valence-electron chi connectivity index (χ4n) is 3.80. The van der Waals surface area contributed by atoms with Gasteiger partial charge in [-0.15, -0.1) is 11.8 Å². The number of ether oxygens (including phenoxy) is 2. The van der Waals surface area contributed by atoms with Crippen molar-refractivity contribution in [2.24, 2.45) is 0 Å². The summed E-state index contributed by atoms with van der Waals surface area (Å²) >= 11 is 1.40. The Bertz CT molecular complexity index is 1520. The van der Waals surface area contributed by atoms with Crippen molar-refractivity contribution in [3.63, 3.8) is 0 Å². The smallest absolute Gasteiger partial charge is 0.272 e. The fraction of sp³-hybridized carbons (Fsp3) is 0.121. The van der Waals surface area contributed by atoms with Crippen LogP contribution in [0.2, 0.25) is 0 Å². The zero-order chi connectivity index (χ0) is 29.0. The standard InChI is InChI=1S/C33H30N2O5S/c1-3-40-27-16-12-23(13-17-27)20-30(35-32(37)24-8-5-4-6-9-24)33(38)34-26-14-18-29(19-15-26)41-22-31(36)25-10-7-11-28(21-25)39-2/h4-21H,3,22H2,1-2H3,(H,34,38)(H,35,37)/b30-20-. The van der Waals surface area contributed by atoms with Gasteiger partial charge in [0, 0.05) is 21.7 Å². The number of hydrogen-bond acceptors (Lipinski definition) is 6. The van der Waals surface area contributed by atoms with Gasteiger partial charge < -0.3 is 20.1 Å². The number of Topliss-reactive ketones (excluding diaryl/α,β-unsaturated/α-hetero) is 1. The number of anilines is 1. The summed E-state index contributed by atoms with van der Waals surface area (Å²) in [6.45, 7) is 2.45. The fourth-order valence-corrected chi connectivity index (χ4v) is 4.59.